The van der Waals surface area contributed by atoms with Gasteiger partial charge in [0, 0.05) is 20.1 Å². The maximum Gasteiger partial charge on any atom is 0.0172 e. The second-order valence-corrected chi connectivity index (χ2v) is 0.750. The maximum atomic E-state index is 8.52. The first-order valence-electron chi connectivity index (χ1n) is 0.612. The summed E-state index contributed by atoms with van der Waals surface area (Å²) in [6, 6.07) is 0. The molecule has 0 heterocycles. The summed E-state index contributed by atoms with van der Waals surface area (Å²) in [5, 5.41) is 0. The third-order valence-corrected chi connectivity index (χ3v) is 0. The zero-order chi connectivity index (χ0) is 3.58. The van der Waals surface area contributed by atoms with E-state index >= 15 is 0 Å². The summed E-state index contributed by atoms with van der Waals surface area (Å²) < 4.78 is 8.52. The number of hydrogen-bond donors (Lipinski definition) is 0. The largest absolute Gasteiger partial charge is 0.672 e. The van der Waals surface area contributed by atoms with Crippen molar-refractivity contribution in [1.29, 1.82) is 0 Å². The highest BCUT2D eigenvalue weighted by molar-refractivity contribution is 6.17. The zero-order valence-corrected chi connectivity index (χ0v) is 4.22. The fourth-order valence-electron chi connectivity index (χ4n) is 0. The standard InChI is InChI=1S/O3Si.Si/c1-4(2)3;/q-2;. The smallest absolute Gasteiger partial charge is 0.0172 e. The minimum Gasteiger partial charge on any atom is -0.672 e. The lowest BCUT2D eigenvalue weighted by Crippen LogP contribution is -2.34. The van der Waals surface area contributed by atoms with Crippen molar-refractivity contribution >= 4 is 20.1 Å². The van der Waals surface area contributed by atoms with Gasteiger partial charge in [-0.05, 0) is 0 Å². The molecule has 0 atom stereocenters. The lowest BCUT2D eigenvalue weighted by atomic mass is 15.8. The normalized spacial score (nSPS) is 4.80. The maximum absolute atomic E-state index is 8.52. The van der Waals surface area contributed by atoms with Crippen LogP contribution in [0.4, 0.5) is 0 Å². The van der Waals surface area contributed by atoms with Gasteiger partial charge >= 0.3 is 0 Å². The second-order valence-electron chi connectivity index (χ2n) is 0.250. The molecule has 0 rings (SSSR count). The fraction of sp³-hybridized carbons (Fsp3) is 0. The molecule has 0 bridgehead atoms. The van der Waals surface area contributed by atoms with Gasteiger partial charge in [0.2, 0.25) is 0 Å². The molecular formula is O3Si2-2. The van der Waals surface area contributed by atoms with Gasteiger partial charge in [0.15, 0.2) is 0 Å². The molecule has 3 nitrogen and oxygen atoms in total. The minimum atomic E-state index is -3.63. The van der Waals surface area contributed by atoms with Crippen LogP contribution in [0.3, 0.4) is 0 Å². The molecule has 28 valence electrons. The van der Waals surface area contributed by atoms with Crippen LogP contribution in [-0.2, 0) is 4.46 Å². The summed E-state index contributed by atoms with van der Waals surface area (Å²) in [5.41, 5.74) is 0. The van der Waals surface area contributed by atoms with E-state index in [0.29, 0.717) is 0 Å². The van der Waals surface area contributed by atoms with Crippen molar-refractivity contribution in [1.82, 2.24) is 0 Å². The van der Waals surface area contributed by atoms with E-state index in [1.807, 2.05) is 0 Å². The Morgan fingerprint density at radius 2 is 1.40 bits per heavy atom. The third kappa shape index (κ3) is 467. The van der Waals surface area contributed by atoms with E-state index in [-0.39, 0.29) is 11.0 Å². The van der Waals surface area contributed by atoms with Crippen molar-refractivity contribution in [3.05, 3.63) is 0 Å². The van der Waals surface area contributed by atoms with E-state index in [2.05, 4.69) is 0 Å². The Bertz CT molecular complexity index is 27.9. The molecule has 0 aromatic carbocycles. The van der Waals surface area contributed by atoms with E-state index < -0.39 is 9.17 Å². The summed E-state index contributed by atoms with van der Waals surface area (Å²) in [5.74, 6) is 0. The van der Waals surface area contributed by atoms with Crippen LogP contribution >= 0.6 is 0 Å². The average molecular weight is 104 g/mol. The Kier molecular flexibility index (Phi) is 6.78. The zero-order valence-electron chi connectivity index (χ0n) is 2.22. The third-order valence-electron chi connectivity index (χ3n) is 0. The Labute approximate surface area is 35.2 Å². The first kappa shape index (κ1) is 8.85. The molecule has 0 fully saturated rings. The Balaban J connectivity index is 0. The van der Waals surface area contributed by atoms with Crippen LogP contribution in [-0.4, -0.2) is 20.1 Å². The van der Waals surface area contributed by atoms with Gasteiger partial charge in [0.25, 0.3) is 0 Å². The quantitative estimate of drug-likeness (QED) is 0.303. The van der Waals surface area contributed by atoms with Gasteiger partial charge in [0.05, 0.1) is 0 Å². The van der Waals surface area contributed by atoms with Gasteiger partial charge in [-0.1, -0.05) is 0 Å². The Hall–Kier alpha value is -0.166. The summed E-state index contributed by atoms with van der Waals surface area (Å²) in [4.78, 5) is 17.0. The highest BCUT2D eigenvalue weighted by Crippen LogP contribution is 0.990. The molecule has 5 heteroatoms. The van der Waals surface area contributed by atoms with Crippen molar-refractivity contribution < 1.29 is 14.1 Å². The molecular weight excluding hydrogens is 104 g/mol. The SMILES string of the molecule is O=[Si]([O-])[O-].[Si]. The molecule has 0 saturated heterocycles. The van der Waals surface area contributed by atoms with Gasteiger partial charge in [-0.25, -0.2) is 0 Å². The van der Waals surface area contributed by atoms with Gasteiger partial charge in [0.1, 0.15) is 0 Å². The molecule has 0 unspecified atom stereocenters. The molecule has 0 saturated carbocycles. The molecule has 0 aromatic heterocycles. The summed E-state index contributed by atoms with van der Waals surface area (Å²) in [7, 11) is -3.63. The Morgan fingerprint density at radius 3 is 1.40 bits per heavy atom. The lowest BCUT2D eigenvalue weighted by molar-refractivity contribution is -0.354. The highest BCUT2D eigenvalue weighted by Gasteiger charge is 1.29. The van der Waals surface area contributed by atoms with Gasteiger partial charge in [-0.3, -0.25) is 0 Å². The van der Waals surface area contributed by atoms with E-state index in [4.69, 9.17) is 14.1 Å². The first-order valence-corrected chi connectivity index (χ1v) is 1.84. The van der Waals surface area contributed by atoms with Crippen LogP contribution < -0.4 is 9.59 Å². The van der Waals surface area contributed by atoms with Crippen LogP contribution in [0.15, 0.2) is 0 Å². The predicted molar refractivity (Wildman–Crippen MR) is 12.2 cm³/mol. The fourth-order valence-corrected chi connectivity index (χ4v) is 0. The molecule has 0 amide bonds. The monoisotopic (exact) mass is 104 g/mol. The van der Waals surface area contributed by atoms with Gasteiger partial charge in [-0.2, -0.15) is 0 Å². The van der Waals surface area contributed by atoms with Crippen molar-refractivity contribution in [2.45, 2.75) is 0 Å². The van der Waals surface area contributed by atoms with Gasteiger partial charge < -0.3 is 14.1 Å². The minimum absolute atomic E-state index is 0. The number of rotatable bonds is 0. The summed E-state index contributed by atoms with van der Waals surface area (Å²) >= 11 is 0. The molecule has 0 aliphatic rings. The van der Waals surface area contributed by atoms with Crippen LogP contribution in [0.2, 0.25) is 0 Å². The molecule has 5 heavy (non-hydrogen) atoms. The summed E-state index contributed by atoms with van der Waals surface area (Å²) in [6.07, 6.45) is 0. The first-order chi connectivity index (χ1) is 1.73. The van der Waals surface area contributed by atoms with Crippen LogP contribution in [0.1, 0.15) is 0 Å². The molecule has 0 aromatic rings. The lowest BCUT2D eigenvalue weighted by Gasteiger charge is -1.94. The van der Waals surface area contributed by atoms with E-state index in [1.165, 1.54) is 0 Å². The highest BCUT2D eigenvalue weighted by atomic mass is 28.3. The van der Waals surface area contributed by atoms with Crippen molar-refractivity contribution in [2.75, 3.05) is 0 Å². The molecule has 4 radical (unpaired) electrons. The molecule has 0 spiro atoms. The Morgan fingerprint density at radius 1 is 1.40 bits per heavy atom. The van der Waals surface area contributed by atoms with Crippen molar-refractivity contribution in [3.63, 3.8) is 0 Å². The number of hydrogen-bond acceptors (Lipinski definition) is 3. The second kappa shape index (κ2) is 3.83. The van der Waals surface area contributed by atoms with Gasteiger partial charge in [-0.15, -0.1) is 0 Å². The van der Waals surface area contributed by atoms with E-state index in [9.17, 15) is 0 Å². The van der Waals surface area contributed by atoms with Crippen LogP contribution in [0.25, 0.3) is 0 Å². The molecule has 0 N–H and O–H groups in total. The molecule has 0 aliphatic carbocycles. The van der Waals surface area contributed by atoms with Crippen LogP contribution in [0, 0.1) is 0 Å². The average Bonchev–Trinajstić information content (AvgIpc) is 0.811. The van der Waals surface area contributed by atoms with E-state index in [0.717, 1.165) is 0 Å². The topological polar surface area (TPSA) is 63.2 Å². The van der Waals surface area contributed by atoms with Crippen molar-refractivity contribution in [3.8, 4) is 0 Å². The predicted octanol–water partition coefficient (Wildman–Crippen LogP) is -3.26. The van der Waals surface area contributed by atoms with Crippen molar-refractivity contribution in [2.24, 2.45) is 0 Å². The molecule has 0 aliphatic heterocycles. The summed E-state index contributed by atoms with van der Waals surface area (Å²) in [6.45, 7) is 0. The van der Waals surface area contributed by atoms with E-state index in [1.54, 1.807) is 0 Å². The van der Waals surface area contributed by atoms with Crippen LogP contribution in [0.5, 0.6) is 0 Å².